The molecule has 1 aromatic rings. The molecule has 132 valence electrons. The number of cyclic esters (lactones) is 1. The van der Waals surface area contributed by atoms with Gasteiger partial charge in [-0.1, -0.05) is 18.2 Å². The molecule has 2 amide bonds. The standard InChI is InChI=1S/C20H24N2O3/c1-11-3-4-13(5-12(11)2)17-15-8-22(9-16(15)17)18(23)14-6-20(7-14)10-25-19(24)21-20/h3-5,14-17H,6-10H2,1-2H3,(H,21,24)/t14?,15-,16+,17-,20?. The Morgan fingerprint density at radius 1 is 1.20 bits per heavy atom. The van der Waals surface area contributed by atoms with Crippen LogP contribution in [0.5, 0.6) is 0 Å². The Hall–Kier alpha value is -2.04. The molecule has 4 aliphatic rings. The van der Waals surface area contributed by atoms with Crippen LogP contribution in [-0.4, -0.2) is 42.1 Å². The number of likely N-dealkylation sites (tertiary alicyclic amines) is 1. The van der Waals surface area contributed by atoms with Gasteiger partial charge in [0.05, 0.1) is 5.54 Å². The van der Waals surface area contributed by atoms with Gasteiger partial charge in [-0.05, 0) is 61.1 Å². The lowest BCUT2D eigenvalue weighted by atomic mass is 9.68. The molecule has 0 radical (unpaired) electrons. The molecule has 1 N–H and O–H groups in total. The topological polar surface area (TPSA) is 58.6 Å². The fraction of sp³-hybridized carbons (Fsp3) is 0.600. The van der Waals surface area contributed by atoms with Crippen molar-refractivity contribution in [1.82, 2.24) is 10.2 Å². The number of ether oxygens (including phenoxy) is 1. The second-order valence-electron chi connectivity index (χ2n) is 8.53. The van der Waals surface area contributed by atoms with Crippen molar-refractivity contribution >= 4 is 12.0 Å². The molecule has 0 aromatic heterocycles. The largest absolute Gasteiger partial charge is 0.447 e. The molecule has 5 nitrogen and oxygen atoms in total. The number of benzene rings is 1. The van der Waals surface area contributed by atoms with E-state index in [-0.39, 0.29) is 23.5 Å². The van der Waals surface area contributed by atoms with Crippen molar-refractivity contribution in [3.63, 3.8) is 0 Å². The van der Waals surface area contributed by atoms with Crippen LogP contribution in [0.4, 0.5) is 4.79 Å². The number of piperidine rings is 1. The number of carbonyl (C=O) groups is 2. The van der Waals surface area contributed by atoms with Gasteiger partial charge in [0, 0.05) is 19.0 Å². The minimum absolute atomic E-state index is 0.0552. The number of aryl methyl sites for hydroxylation is 2. The Morgan fingerprint density at radius 2 is 1.92 bits per heavy atom. The summed E-state index contributed by atoms with van der Waals surface area (Å²) in [5.74, 6) is 2.24. The fourth-order valence-electron chi connectivity index (χ4n) is 5.20. The maximum Gasteiger partial charge on any atom is 0.407 e. The van der Waals surface area contributed by atoms with Gasteiger partial charge in [-0.3, -0.25) is 4.79 Å². The van der Waals surface area contributed by atoms with Gasteiger partial charge in [-0.2, -0.15) is 0 Å². The molecular weight excluding hydrogens is 316 g/mol. The molecule has 0 unspecified atom stereocenters. The maximum absolute atomic E-state index is 12.7. The van der Waals surface area contributed by atoms with E-state index in [4.69, 9.17) is 4.74 Å². The molecule has 25 heavy (non-hydrogen) atoms. The van der Waals surface area contributed by atoms with E-state index in [9.17, 15) is 9.59 Å². The van der Waals surface area contributed by atoms with Crippen molar-refractivity contribution < 1.29 is 14.3 Å². The predicted molar refractivity (Wildman–Crippen MR) is 92.2 cm³/mol. The Kier molecular flexibility index (Phi) is 3.04. The lowest BCUT2D eigenvalue weighted by molar-refractivity contribution is -0.140. The van der Waals surface area contributed by atoms with Gasteiger partial charge in [-0.15, -0.1) is 0 Å². The second-order valence-corrected chi connectivity index (χ2v) is 8.53. The van der Waals surface area contributed by atoms with Crippen LogP contribution in [0.3, 0.4) is 0 Å². The summed E-state index contributed by atoms with van der Waals surface area (Å²) in [5, 5.41) is 2.87. The summed E-state index contributed by atoms with van der Waals surface area (Å²) in [5.41, 5.74) is 3.88. The molecule has 5 heteroatoms. The van der Waals surface area contributed by atoms with E-state index in [2.05, 4.69) is 42.3 Å². The SMILES string of the molecule is Cc1ccc([C@@H]2[C@@H]3CN(C(=O)C4CC5(COC(=O)N5)C4)C[C@@H]32)cc1C. The van der Waals surface area contributed by atoms with Gasteiger partial charge in [0.25, 0.3) is 0 Å². The predicted octanol–water partition coefficient (Wildman–Crippen LogP) is 2.36. The number of nitrogens with one attached hydrogen (secondary N) is 1. The van der Waals surface area contributed by atoms with Crippen molar-refractivity contribution in [3.8, 4) is 0 Å². The van der Waals surface area contributed by atoms with Crippen LogP contribution < -0.4 is 5.32 Å². The molecule has 2 saturated heterocycles. The molecular formula is C20H24N2O3. The van der Waals surface area contributed by atoms with E-state index in [1.807, 2.05) is 0 Å². The van der Waals surface area contributed by atoms with Crippen LogP contribution in [0, 0.1) is 31.6 Å². The molecule has 1 spiro atoms. The zero-order valence-corrected chi connectivity index (χ0v) is 14.7. The zero-order valence-electron chi connectivity index (χ0n) is 14.7. The van der Waals surface area contributed by atoms with Gasteiger partial charge in [0.15, 0.2) is 0 Å². The Bertz CT molecular complexity index is 756. The second kappa shape index (κ2) is 4.99. The molecule has 1 aromatic carbocycles. The summed E-state index contributed by atoms with van der Waals surface area (Å²) in [6.07, 6.45) is 1.11. The van der Waals surface area contributed by atoms with E-state index >= 15 is 0 Å². The number of nitrogens with zero attached hydrogens (tertiary/aromatic N) is 1. The minimum atomic E-state index is -0.343. The normalized spacial score (nSPS) is 38.2. The maximum atomic E-state index is 12.7. The zero-order chi connectivity index (χ0) is 17.3. The number of fused-ring (bicyclic) bond motifs is 1. The number of alkyl carbamates (subject to hydrolysis) is 1. The van der Waals surface area contributed by atoms with Crippen molar-refractivity contribution in [3.05, 3.63) is 34.9 Å². The highest BCUT2D eigenvalue weighted by Crippen LogP contribution is 2.58. The van der Waals surface area contributed by atoms with Crippen molar-refractivity contribution in [1.29, 1.82) is 0 Å². The third-order valence-corrected chi connectivity index (χ3v) is 6.89. The number of carbonyl (C=O) groups excluding carboxylic acids is 2. The van der Waals surface area contributed by atoms with E-state index < -0.39 is 0 Å². The number of amides is 2. The molecule has 2 aliphatic heterocycles. The van der Waals surface area contributed by atoms with Crippen LogP contribution in [-0.2, 0) is 9.53 Å². The van der Waals surface area contributed by atoms with E-state index in [0.717, 1.165) is 25.9 Å². The summed E-state index contributed by atoms with van der Waals surface area (Å²) in [7, 11) is 0. The van der Waals surface area contributed by atoms with Gasteiger partial charge in [0.1, 0.15) is 6.61 Å². The number of hydrogen-bond acceptors (Lipinski definition) is 3. The molecule has 4 fully saturated rings. The Labute approximate surface area is 147 Å². The Balaban J connectivity index is 1.18. The van der Waals surface area contributed by atoms with E-state index in [0.29, 0.717) is 24.4 Å². The summed E-state index contributed by atoms with van der Waals surface area (Å²) < 4.78 is 4.99. The highest BCUT2D eigenvalue weighted by atomic mass is 16.6. The van der Waals surface area contributed by atoms with Crippen LogP contribution in [0.15, 0.2) is 18.2 Å². The van der Waals surface area contributed by atoms with Gasteiger partial charge in [0.2, 0.25) is 5.91 Å². The van der Waals surface area contributed by atoms with Crippen molar-refractivity contribution in [2.45, 2.75) is 38.1 Å². The van der Waals surface area contributed by atoms with E-state index in [1.165, 1.54) is 16.7 Å². The smallest absolute Gasteiger partial charge is 0.407 e. The summed E-state index contributed by atoms with van der Waals surface area (Å²) in [4.78, 5) is 26.0. The highest BCUT2D eigenvalue weighted by molar-refractivity contribution is 5.82. The summed E-state index contributed by atoms with van der Waals surface area (Å²) in [6.45, 7) is 6.53. The number of hydrogen-bond donors (Lipinski definition) is 1. The molecule has 2 heterocycles. The average Bonchev–Trinajstić information content (AvgIpc) is 2.91. The third-order valence-electron chi connectivity index (χ3n) is 6.89. The fourth-order valence-corrected chi connectivity index (χ4v) is 5.20. The summed E-state index contributed by atoms with van der Waals surface area (Å²) >= 11 is 0. The van der Waals surface area contributed by atoms with Crippen LogP contribution in [0.1, 0.15) is 35.4 Å². The monoisotopic (exact) mass is 340 g/mol. The van der Waals surface area contributed by atoms with Crippen LogP contribution >= 0.6 is 0 Å². The first kappa shape index (κ1) is 15.2. The third kappa shape index (κ3) is 2.28. The van der Waals surface area contributed by atoms with E-state index in [1.54, 1.807) is 0 Å². The summed E-state index contributed by atoms with van der Waals surface area (Å²) in [6, 6.07) is 6.80. The first-order chi connectivity index (χ1) is 12.0. The molecule has 0 bridgehead atoms. The lowest BCUT2D eigenvalue weighted by Crippen LogP contribution is -2.58. The Morgan fingerprint density at radius 3 is 2.52 bits per heavy atom. The average molecular weight is 340 g/mol. The van der Waals surface area contributed by atoms with Crippen molar-refractivity contribution in [2.75, 3.05) is 19.7 Å². The van der Waals surface area contributed by atoms with Gasteiger partial charge < -0.3 is 15.0 Å². The number of rotatable bonds is 2. The van der Waals surface area contributed by atoms with Gasteiger partial charge in [-0.25, -0.2) is 4.79 Å². The van der Waals surface area contributed by atoms with Crippen molar-refractivity contribution in [2.24, 2.45) is 17.8 Å². The highest BCUT2D eigenvalue weighted by Gasteiger charge is 2.59. The first-order valence-electron chi connectivity index (χ1n) is 9.27. The van der Waals surface area contributed by atoms with Crippen LogP contribution in [0.25, 0.3) is 0 Å². The minimum Gasteiger partial charge on any atom is -0.447 e. The first-order valence-corrected chi connectivity index (χ1v) is 9.27. The molecule has 2 saturated carbocycles. The molecule has 3 atom stereocenters. The molecule has 2 aliphatic carbocycles. The van der Waals surface area contributed by atoms with Gasteiger partial charge >= 0.3 is 6.09 Å². The molecule has 5 rings (SSSR count). The van der Waals surface area contributed by atoms with Crippen LogP contribution in [0.2, 0.25) is 0 Å². The lowest BCUT2D eigenvalue weighted by Gasteiger charge is -2.43. The quantitative estimate of drug-likeness (QED) is 0.899.